The van der Waals surface area contributed by atoms with Crippen molar-refractivity contribution in [2.24, 2.45) is 5.10 Å². The molecule has 0 fully saturated rings. The topological polar surface area (TPSA) is 111 Å². The lowest BCUT2D eigenvalue weighted by molar-refractivity contribution is 0.0953. The van der Waals surface area contributed by atoms with Crippen LogP contribution in [0.2, 0.25) is 0 Å². The molecule has 0 saturated carbocycles. The van der Waals surface area contributed by atoms with Crippen LogP contribution in [0.3, 0.4) is 0 Å². The number of fused-ring (bicyclic) bond motifs is 2. The van der Waals surface area contributed by atoms with E-state index in [1.54, 1.807) is 49.6 Å². The molecule has 9 nitrogen and oxygen atoms in total. The molecule has 0 spiro atoms. The molecule has 5 rings (SSSR count). The van der Waals surface area contributed by atoms with E-state index in [0.29, 0.717) is 71.6 Å². The molecule has 9 heteroatoms. The van der Waals surface area contributed by atoms with Crippen LogP contribution >= 0.6 is 0 Å². The zero-order valence-corrected chi connectivity index (χ0v) is 19.5. The van der Waals surface area contributed by atoms with E-state index in [4.69, 9.17) is 18.6 Å². The van der Waals surface area contributed by atoms with Crippen molar-refractivity contribution < 1.29 is 28.2 Å². The van der Waals surface area contributed by atoms with Gasteiger partial charge in [-0.2, -0.15) is 5.10 Å². The molecule has 3 aromatic rings. The molecule has 0 bridgehead atoms. The van der Waals surface area contributed by atoms with Crippen molar-refractivity contribution in [1.82, 2.24) is 5.43 Å². The van der Waals surface area contributed by atoms with Crippen LogP contribution < -0.4 is 25.0 Å². The lowest BCUT2D eigenvalue weighted by atomic mass is 9.93. The molecular weight excluding hydrogens is 450 g/mol. The average molecular weight is 476 g/mol. The van der Waals surface area contributed by atoms with Gasteiger partial charge >= 0.3 is 0 Å². The fraction of sp³-hybridized carbons (Fsp3) is 0.269. The van der Waals surface area contributed by atoms with Crippen LogP contribution in [0.1, 0.15) is 50.6 Å². The van der Waals surface area contributed by atoms with E-state index in [2.05, 4.69) is 15.8 Å². The number of hydrogen-bond acceptors (Lipinski definition) is 7. The number of ether oxygens (including phenoxy) is 3. The van der Waals surface area contributed by atoms with Crippen molar-refractivity contribution >= 4 is 23.2 Å². The van der Waals surface area contributed by atoms with Crippen LogP contribution in [-0.4, -0.2) is 37.8 Å². The molecule has 0 unspecified atom stereocenters. The lowest BCUT2D eigenvalue weighted by Gasteiger charge is -2.18. The van der Waals surface area contributed by atoms with E-state index in [1.807, 2.05) is 6.92 Å². The molecule has 0 saturated heterocycles. The summed E-state index contributed by atoms with van der Waals surface area (Å²) in [5, 5.41) is 7.24. The summed E-state index contributed by atoms with van der Waals surface area (Å²) in [6.45, 7) is 2.79. The summed E-state index contributed by atoms with van der Waals surface area (Å²) in [6, 6.07) is 12.0. The third-order valence-corrected chi connectivity index (χ3v) is 5.98. The minimum atomic E-state index is -0.366. The maximum atomic E-state index is 13.0. The van der Waals surface area contributed by atoms with Gasteiger partial charge in [-0.25, -0.2) is 5.43 Å². The number of aryl methyl sites for hydroxylation is 1. The first-order valence-corrected chi connectivity index (χ1v) is 11.4. The highest BCUT2D eigenvalue weighted by atomic mass is 16.6. The summed E-state index contributed by atoms with van der Waals surface area (Å²) in [5.74, 6) is 2.13. The molecule has 2 heterocycles. The van der Waals surface area contributed by atoms with Crippen LogP contribution in [0.5, 0.6) is 17.2 Å². The molecule has 2 amide bonds. The summed E-state index contributed by atoms with van der Waals surface area (Å²) >= 11 is 0. The summed E-state index contributed by atoms with van der Waals surface area (Å²) in [7, 11) is 1.57. The molecule has 180 valence electrons. The number of furan rings is 1. The van der Waals surface area contributed by atoms with E-state index < -0.39 is 0 Å². The largest absolute Gasteiger partial charge is 0.497 e. The lowest BCUT2D eigenvalue weighted by Crippen LogP contribution is -2.22. The Labute approximate surface area is 202 Å². The minimum absolute atomic E-state index is 0.223. The highest BCUT2D eigenvalue weighted by molar-refractivity contribution is 6.09. The van der Waals surface area contributed by atoms with E-state index >= 15 is 0 Å². The molecule has 0 atom stereocenters. The predicted molar refractivity (Wildman–Crippen MR) is 129 cm³/mol. The molecule has 0 radical (unpaired) electrons. The van der Waals surface area contributed by atoms with Crippen LogP contribution in [0.15, 0.2) is 52.0 Å². The second-order valence-corrected chi connectivity index (χ2v) is 8.25. The quantitative estimate of drug-likeness (QED) is 0.538. The van der Waals surface area contributed by atoms with Crippen molar-refractivity contribution in [3.8, 4) is 17.2 Å². The van der Waals surface area contributed by atoms with Gasteiger partial charge in [0.2, 0.25) is 0 Å². The maximum absolute atomic E-state index is 13.0. The number of anilines is 1. The third-order valence-electron chi connectivity index (χ3n) is 5.98. The zero-order valence-electron chi connectivity index (χ0n) is 19.5. The minimum Gasteiger partial charge on any atom is -0.497 e. The van der Waals surface area contributed by atoms with Gasteiger partial charge in [0.25, 0.3) is 11.8 Å². The number of hydrazone groups is 1. The number of amides is 2. The normalized spacial score (nSPS) is 15.3. The smallest absolute Gasteiger partial charge is 0.291 e. The number of nitrogens with zero attached hydrogens (tertiary/aromatic N) is 1. The molecule has 1 aliphatic heterocycles. The number of rotatable bonds is 5. The Hall–Kier alpha value is -4.27. The highest BCUT2D eigenvalue weighted by Crippen LogP contribution is 2.34. The van der Waals surface area contributed by atoms with Gasteiger partial charge in [-0.1, -0.05) is 0 Å². The molecule has 1 aliphatic carbocycles. The van der Waals surface area contributed by atoms with Gasteiger partial charge < -0.3 is 23.9 Å². The molecule has 2 N–H and O–H groups in total. The first-order valence-electron chi connectivity index (χ1n) is 11.4. The van der Waals surface area contributed by atoms with Crippen molar-refractivity contribution in [1.29, 1.82) is 0 Å². The number of carbonyl (C=O) groups is 2. The van der Waals surface area contributed by atoms with E-state index in [0.717, 1.165) is 12.0 Å². The number of methoxy groups -OCH3 is 1. The Morgan fingerprint density at radius 1 is 0.971 bits per heavy atom. The van der Waals surface area contributed by atoms with Crippen LogP contribution in [0.4, 0.5) is 5.69 Å². The van der Waals surface area contributed by atoms with Gasteiger partial charge in [-0.05, 0) is 56.2 Å². The second kappa shape index (κ2) is 9.54. The first kappa shape index (κ1) is 22.5. The summed E-state index contributed by atoms with van der Waals surface area (Å²) in [4.78, 5) is 25.6. The Morgan fingerprint density at radius 3 is 2.51 bits per heavy atom. The van der Waals surface area contributed by atoms with Gasteiger partial charge in [0, 0.05) is 34.9 Å². The average Bonchev–Trinajstić information content (AvgIpc) is 3.24. The Bertz CT molecular complexity index is 1310. The summed E-state index contributed by atoms with van der Waals surface area (Å²) in [5.41, 5.74) is 5.82. The third kappa shape index (κ3) is 4.57. The molecule has 1 aromatic heterocycles. The first-order chi connectivity index (χ1) is 17.0. The van der Waals surface area contributed by atoms with Gasteiger partial charge in [-0.15, -0.1) is 0 Å². The van der Waals surface area contributed by atoms with Crippen molar-refractivity contribution in [3.63, 3.8) is 0 Å². The fourth-order valence-corrected chi connectivity index (χ4v) is 4.23. The Balaban J connectivity index is 1.34. The standard InChI is InChI=1S/C26H25N3O6/c1-15-23-19(28-29-25(30)16-6-9-18(32-2)10-7-16)4-3-5-21(23)35-24(15)26(31)27-17-8-11-20-22(14-17)34-13-12-33-20/h6-11,14H,3-5,12-13H2,1-2H3,(H,27,31)(H,29,30)/b28-19+. The van der Waals surface area contributed by atoms with Crippen molar-refractivity contribution in [3.05, 3.63) is 70.7 Å². The summed E-state index contributed by atoms with van der Waals surface area (Å²) < 4.78 is 22.2. The van der Waals surface area contributed by atoms with Crippen LogP contribution in [-0.2, 0) is 6.42 Å². The van der Waals surface area contributed by atoms with Gasteiger partial charge in [0.15, 0.2) is 17.3 Å². The van der Waals surface area contributed by atoms with Crippen molar-refractivity contribution in [2.45, 2.75) is 26.2 Å². The SMILES string of the molecule is COc1ccc(C(=O)N/N=C2\CCCc3oc(C(=O)Nc4ccc5c(c4)OCCO5)c(C)c32)cc1. The molecular formula is C26H25N3O6. The van der Waals surface area contributed by atoms with E-state index in [1.165, 1.54) is 0 Å². The van der Waals surface area contributed by atoms with E-state index in [-0.39, 0.29) is 17.6 Å². The number of benzene rings is 2. The van der Waals surface area contributed by atoms with Crippen molar-refractivity contribution in [2.75, 3.05) is 25.6 Å². The van der Waals surface area contributed by atoms with Gasteiger partial charge in [0.05, 0.1) is 12.8 Å². The van der Waals surface area contributed by atoms with E-state index in [9.17, 15) is 9.59 Å². The predicted octanol–water partition coefficient (Wildman–Crippen LogP) is 4.09. The highest BCUT2D eigenvalue weighted by Gasteiger charge is 2.28. The van der Waals surface area contributed by atoms with Crippen LogP contribution in [0.25, 0.3) is 0 Å². The Kier molecular flexibility index (Phi) is 6.13. The summed E-state index contributed by atoms with van der Waals surface area (Å²) in [6.07, 6.45) is 2.17. The van der Waals surface area contributed by atoms with Crippen LogP contribution in [0, 0.1) is 6.92 Å². The zero-order chi connectivity index (χ0) is 24.4. The second-order valence-electron chi connectivity index (χ2n) is 8.25. The number of nitrogens with one attached hydrogen (secondary N) is 2. The Morgan fingerprint density at radius 2 is 1.74 bits per heavy atom. The molecule has 2 aromatic carbocycles. The molecule has 35 heavy (non-hydrogen) atoms. The number of carbonyl (C=O) groups excluding carboxylic acids is 2. The monoisotopic (exact) mass is 475 g/mol. The fourth-order valence-electron chi connectivity index (χ4n) is 4.23. The molecule has 2 aliphatic rings. The maximum Gasteiger partial charge on any atom is 0.291 e. The van der Waals surface area contributed by atoms with Gasteiger partial charge in [0.1, 0.15) is 24.7 Å². The number of hydrogen-bond donors (Lipinski definition) is 2. The van der Waals surface area contributed by atoms with Gasteiger partial charge in [-0.3, -0.25) is 9.59 Å².